The molecule has 0 amide bonds. The minimum atomic E-state index is -0.0753. The fourth-order valence-corrected chi connectivity index (χ4v) is 1.55. The van der Waals surface area contributed by atoms with Crippen LogP contribution in [0.25, 0.3) is 0 Å². The molecule has 0 unspecified atom stereocenters. The van der Waals surface area contributed by atoms with Crippen LogP contribution in [0.3, 0.4) is 0 Å². The van der Waals surface area contributed by atoms with E-state index in [9.17, 15) is 4.79 Å². The Morgan fingerprint density at radius 1 is 1.82 bits per heavy atom. The molecule has 1 aromatic rings. The fourth-order valence-electron chi connectivity index (χ4n) is 0.805. The van der Waals surface area contributed by atoms with Crippen LogP contribution < -0.4 is 5.73 Å². The van der Waals surface area contributed by atoms with Gasteiger partial charge in [0.15, 0.2) is 0 Å². The number of rotatable bonds is 3. The van der Waals surface area contributed by atoms with E-state index in [-0.39, 0.29) is 11.8 Å². The summed E-state index contributed by atoms with van der Waals surface area (Å²) in [5, 5.41) is 1.91. The second-order valence-corrected chi connectivity index (χ2v) is 3.39. The molecule has 2 nitrogen and oxygen atoms in total. The molecule has 1 aromatic heterocycles. The minimum Gasteiger partial charge on any atom is -0.349 e. The average molecular weight is 170 g/mol. The zero-order chi connectivity index (χ0) is 8.27. The first-order chi connectivity index (χ1) is 5.25. The quantitative estimate of drug-likeness (QED) is 0.674. The predicted molar refractivity (Wildman–Crippen MR) is 45.6 cm³/mol. The number of quaternary nitrogens is 1. The molecule has 1 heterocycles. The van der Waals surface area contributed by atoms with Crippen molar-refractivity contribution in [2.45, 2.75) is 19.4 Å². The molecule has 3 N–H and O–H groups in total. The Morgan fingerprint density at radius 3 is 3.00 bits per heavy atom. The maximum Gasteiger partial charge on any atom is 0.229 e. The zero-order valence-corrected chi connectivity index (χ0v) is 7.36. The van der Waals surface area contributed by atoms with E-state index in [1.807, 2.05) is 24.4 Å². The van der Waals surface area contributed by atoms with E-state index in [0.717, 1.165) is 11.3 Å². The number of hydrogen-bond acceptors (Lipinski definition) is 2. The highest BCUT2D eigenvalue weighted by Gasteiger charge is 2.17. The van der Waals surface area contributed by atoms with Crippen LogP contribution in [0.15, 0.2) is 17.5 Å². The van der Waals surface area contributed by atoms with Gasteiger partial charge in [-0.2, -0.15) is 0 Å². The standard InChI is InChI=1S/C8H11NOS/c1-2-6(9)8(10)7-4-3-5-11-7/h3-6H,2,9H2,1H3/p+1/t6-/m1/s1. The highest BCUT2D eigenvalue weighted by atomic mass is 32.1. The van der Waals surface area contributed by atoms with Crippen molar-refractivity contribution in [1.29, 1.82) is 0 Å². The summed E-state index contributed by atoms with van der Waals surface area (Å²) in [5.41, 5.74) is 3.77. The van der Waals surface area contributed by atoms with Crippen molar-refractivity contribution in [3.63, 3.8) is 0 Å². The Balaban J connectivity index is 2.70. The molecule has 0 fully saturated rings. The van der Waals surface area contributed by atoms with Gasteiger partial charge >= 0.3 is 0 Å². The first-order valence-electron chi connectivity index (χ1n) is 3.66. The van der Waals surface area contributed by atoms with Crippen molar-refractivity contribution in [3.05, 3.63) is 22.4 Å². The molecule has 3 heteroatoms. The molecule has 1 atom stereocenters. The normalized spacial score (nSPS) is 12.9. The number of ketones is 1. The van der Waals surface area contributed by atoms with Crippen molar-refractivity contribution in [2.75, 3.05) is 0 Å². The van der Waals surface area contributed by atoms with E-state index in [2.05, 4.69) is 5.73 Å². The topological polar surface area (TPSA) is 44.7 Å². The van der Waals surface area contributed by atoms with Crippen molar-refractivity contribution >= 4 is 17.1 Å². The van der Waals surface area contributed by atoms with Gasteiger partial charge in [0.05, 0.1) is 4.88 Å². The molecule has 0 radical (unpaired) electrons. The molecule has 0 aliphatic heterocycles. The first kappa shape index (κ1) is 8.43. The smallest absolute Gasteiger partial charge is 0.229 e. The highest BCUT2D eigenvalue weighted by molar-refractivity contribution is 7.12. The third-order valence-electron chi connectivity index (χ3n) is 1.63. The van der Waals surface area contributed by atoms with E-state index in [1.54, 1.807) is 0 Å². The molecule has 0 aliphatic carbocycles. The molecule has 0 aromatic carbocycles. The lowest BCUT2D eigenvalue weighted by Gasteiger charge is -2.00. The van der Waals surface area contributed by atoms with Crippen LogP contribution >= 0.6 is 11.3 Å². The summed E-state index contributed by atoms with van der Waals surface area (Å²) in [4.78, 5) is 12.2. The second-order valence-electron chi connectivity index (χ2n) is 2.45. The molecule has 0 saturated carbocycles. The van der Waals surface area contributed by atoms with E-state index in [4.69, 9.17) is 0 Å². The van der Waals surface area contributed by atoms with E-state index < -0.39 is 0 Å². The van der Waals surface area contributed by atoms with Crippen molar-refractivity contribution in [2.24, 2.45) is 0 Å². The van der Waals surface area contributed by atoms with Crippen LogP contribution in [0.1, 0.15) is 23.0 Å². The van der Waals surface area contributed by atoms with E-state index >= 15 is 0 Å². The van der Waals surface area contributed by atoms with Gasteiger partial charge in [0.25, 0.3) is 0 Å². The molecule has 1 rings (SSSR count). The van der Waals surface area contributed by atoms with Crippen LogP contribution in [-0.2, 0) is 0 Å². The van der Waals surface area contributed by atoms with Gasteiger partial charge in [0.2, 0.25) is 5.78 Å². The molecule has 0 aliphatic rings. The first-order valence-corrected chi connectivity index (χ1v) is 4.54. The minimum absolute atomic E-state index is 0.0753. The van der Waals surface area contributed by atoms with Crippen LogP contribution in [0, 0.1) is 0 Å². The lowest BCUT2D eigenvalue weighted by atomic mass is 10.1. The van der Waals surface area contributed by atoms with Crippen LogP contribution in [0.4, 0.5) is 0 Å². The van der Waals surface area contributed by atoms with Gasteiger partial charge < -0.3 is 5.73 Å². The average Bonchev–Trinajstić information content (AvgIpc) is 2.53. The molecule has 0 saturated heterocycles. The fraction of sp³-hybridized carbons (Fsp3) is 0.375. The summed E-state index contributed by atoms with van der Waals surface area (Å²) >= 11 is 1.49. The number of carbonyl (C=O) groups is 1. The Kier molecular flexibility index (Phi) is 2.79. The molecule has 60 valence electrons. The van der Waals surface area contributed by atoms with Crippen molar-refractivity contribution < 1.29 is 10.5 Å². The summed E-state index contributed by atoms with van der Waals surface area (Å²) in [6.45, 7) is 1.98. The van der Waals surface area contributed by atoms with Crippen LogP contribution in [0.2, 0.25) is 0 Å². The largest absolute Gasteiger partial charge is 0.349 e. The lowest BCUT2D eigenvalue weighted by molar-refractivity contribution is -0.399. The monoisotopic (exact) mass is 170 g/mol. The Morgan fingerprint density at radius 2 is 2.55 bits per heavy atom. The number of Topliss-reactive ketones (excluding diaryl/α,β-unsaturated/α-hetero) is 1. The highest BCUT2D eigenvalue weighted by Crippen LogP contribution is 2.10. The molecular formula is C8H12NOS+. The SMILES string of the molecule is CC[C@@H]([NH3+])C(=O)c1cccs1. The molecule has 11 heavy (non-hydrogen) atoms. The summed E-state index contributed by atoms with van der Waals surface area (Å²) < 4.78 is 0. The third-order valence-corrected chi connectivity index (χ3v) is 2.51. The Hall–Kier alpha value is -0.670. The number of carbonyl (C=O) groups excluding carboxylic acids is 1. The summed E-state index contributed by atoms with van der Waals surface area (Å²) in [5.74, 6) is 0.169. The number of hydrogen-bond donors (Lipinski definition) is 1. The van der Waals surface area contributed by atoms with Gasteiger partial charge in [-0.25, -0.2) is 0 Å². The predicted octanol–water partition coefficient (Wildman–Crippen LogP) is 0.951. The van der Waals surface area contributed by atoms with Crippen molar-refractivity contribution in [1.82, 2.24) is 0 Å². The van der Waals surface area contributed by atoms with Crippen LogP contribution in [-0.4, -0.2) is 11.8 Å². The third kappa shape index (κ3) is 1.88. The van der Waals surface area contributed by atoms with Gasteiger partial charge in [-0.1, -0.05) is 13.0 Å². The van der Waals surface area contributed by atoms with Crippen molar-refractivity contribution in [3.8, 4) is 0 Å². The lowest BCUT2D eigenvalue weighted by Crippen LogP contribution is -2.64. The van der Waals surface area contributed by atoms with Crippen LogP contribution in [0.5, 0.6) is 0 Å². The van der Waals surface area contributed by atoms with Gasteiger partial charge in [-0.3, -0.25) is 4.79 Å². The van der Waals surface area contributed by atoms with Gasteiger partial charge in [-0.05, 0) is 11.4 Å². The zero-order valence-electron chi connectivity index (χ0n) is 6.54. The van der Waals surface area contributed by atoms with E-state index in [0.29, 0.717) is 0 Å². The summed E-state index contributed by atoms with van der Waals surface area (Å²) in [6, 6.07) is 3.66. The van der Waals surface area contributed by atoms with Gasteiger partial charge in [-0.15, -0.1) is 11.3 Å². The summed E-state index contributed by atoms with van der Waals surface area (Å²) in [6.07, 6.45) is 0.816. The van der Waals surface area contributed by atoms with Gasteiger partial charge in [0.1, 0.15) is 6.04 Å². The molecule has 0 spiro atoms. The molecular weight excluding hydrogens is 158 g/mol. The van der Waals surface area contributed by atoms with E-state index in [1.165, 1.54) is 11.3 Å². The molecule has 0 bridgehead atoms. The Bertz CT molecular complexity index is 230. The maximum atomic E-state index is 11.4. The second kappa shape index (κ2) is 3.64. The van der Waals surface area contributed by atoms with Gasteiger partial charge in [0, 0.05) is 6.42 Å². The maximum absolute atomic E-state index is 11.4. The Labute approximate surface area is 70.0 Å². The summed E-state index contributed by atoms with van der Waals surface area (Å²) in [7, 11) is 0. The number of thiophene rings is 1.